The van der Waals surface area contributed by atoms with E-state index in [1.165, 1.54) is 4.68 Å². The second-order valence-electron chi connectivity index (χ2n) is 4.28. The number of aromatic nitrogens is 3. The van der Waals surface area contributed by atoms with Crippen LogP contribution in [0.2, 0.25) is 0 Å². The monoisotopic (exact) mass is 280 g/mol. The summed E-state index contributed by atoms with van der Waals surface area (Å²) in [5, 5.41) is 35.3. The molecular weight excluding hydrogens is 264 g/mol. The lowest BCUT2D eigenvalue weighted by Crippen LogP contribution is -2.12. The van der Waals surface area contributed by atoms with Crippen molar-refractivity contribution in [3.05, 3.63) is 22.8 Å². The van der Waals surface area contributed by atoms with E-state index in [-0.39, 0.29) is 37.4 Å². The Morgan fingerprint density at radius 2 is 2.00 bits per heavy atom. The van der Waals surface area contributed by atoms with E-state index in [4.69, 9.17) is 15.9 Å². The van der Waals surface area contributed by atoms with Gasteiger partial charge in [0.1, 0.15) is 5.52 Å². The lowest BCUT2D eigenvalue weighted by Gasteiger charge is -2.12. The summed E-state index contributed by atoms with van der Waals surface area (Å²) in [4.78, 5) is 11.5. The standard InChI is InChI=1S/C12H16N4O4/c13-6-16-9-5-7(1-3-17)8(2-4-18)10(12(19)20)11(9)14-15-16/h5,17-18H,1-4,6,13H2,(H,19,20). The third kappa shape index (κ3) is 2.36. The van der Waals surface area contributed by atoms with Crippen LogP contribution in [0.15, 0.2) is 6.07 Å². The van der Waals surface area contributed by atoms with Crippen LogP contribution in [-0.2, 0) is 19.5 Å². The maximum atomic E-state index is 11.5. The summed E-state index contributed by atoms with van der Waals surface area (Å²) in [7, 11) is 0. The van der Waals surface area contributed by atoms with Gasteiger partial charge >= 0.3 is 5.97 Å². The van der Waals surface area contributed by atoms with Gasteiger partial charge in [-0.15, -0.1) is 5.10 Å². The summed E-state index contributed by atoms with van der Waals surface area (Å²) < 4.78 is 1.39. The zero-order valence-electron chi connectivity index (χ0n) is 10.8. The summed E-state index contributed by atoms with van der Waals surface area (Å²) in [6, 6.07) is 1.72. The number of carboxylic acids is 1. The lowest BCUT2D eigenvalue weighted by molar-refractivity contribution is 0.0697. The first kappa shape index (κ1) is 14.4. The van der Waals surface area contributed by atoms with Crippen molar-refractivity contribution in [2.45, 2.75) is 19.5 Å². The van der Waals surface area contributed by atoms with Gasteiger partial charge in [0, 0.05) is 13.2 Å². The molecule has 0 fully saturated rings. The molecule has 8 nitrogen and oxygen atoms in total. The molecule has 20 heavy (non-hydrogen) atoms. The second-order valence-corrected chi connectivity index (χ2v) is 4.28. The average Bonchev–Trinajstić information content (AvgIpc) is 2.81. The van der Waals surface area contributed by atoms with E-state index in [9.17, 15) is 9.90 Å². The highest BCUT2D eigenvalue weighted by Gasteiger charge is 2.22. The molecular formula is C12H16N4O4. The van der Waals surface area contributed by atoms with Crippen LogP contribution in [0.5, 0.6) is 0 Å². The number of aromatic carboxylic acids is 1. The number of fused-ring (bicyclic) bond motifs is 1. The summed E-state index contributed by atoms with van der Waals surface area (Å²) in [5.41, 5.74) is 7.43. The van der Waals surface area contributed by atoms with Crippen LogP contribution in [-0.4, -0.2) is 49.5 Å². The van der Waals surface area contributed by atoms with Crippen molar-refractivity contribution in [3.63, 3.8) is 0 Å². The first-order valence-corrected chi connectivity index (χ1v) is 6.17. The molecule has 108 valence electrons. The fraction of sp³-hybridized carbons (Fsp3) is 0.417. The predicted octanol–water partition coefficient (Wildman–Crippen LogP) is -0.885. The number of rotatable bonds is 6. The first-order chi connectivity index (χ1) is 9.63. The SMILES string of the molecule is NCn1nnc2c(C(=O)O)c(CCO)c(CCO)cc21. The Balaban J connectivity index is 2.79. The molecule has 2 aromatic rings. The van der Waals surface area contributed by atoms with Gasteiger partial charge in [0.25, 0.3) is 0 Å². The molecule has 2 rings (SSSR count). The molecule has 0 aliphatic rings. The summed E-state index contributed by atoms with van der Waals surface area (Å²) in [5.74, 6) is -1.14. The molecule has 5 N–H and O–H groups in total. The van der Waals surface area contributed by atoms with E-state index in [2.05, 4.69) is 10.3 Å². The topological polar surface area (TPSA) is 134 Å². The zero-order valence-corrected chi connectivity index (χ0v) is 10.8. The van der Waals surface area contributed by atoms with Gasteiger partial charge in [0.2, 0.25) is 0 Å². The van der Waals surface area contributed by atoms with Gasteiger partial charge in [-0.25, -0.2) is 9.48 Å². The number of hydrogen-bond acceptors (Lipinski definition) is 6. The minimum absolute atomic E-state index is 0.0136. The molecule has 0 aliphatic carbocycles. The fourth-order valence-electron chi connectivity index (χ4n) is 2.30. The van der Waals surface area contributed by atoms with Crippen molar-refractivity contribution >= 4 is 17.0 Å². The molecule has 0 unspecified atom stereocenters. The number of benzene rings is 1. The average molecular weight is 280 g/mol. The van der Waals surface area contributed by atoms with E-state index < -0.39 is 5.97 Å². The zero-order chi connectivity index (χ0) is 14.7. The number of carboxylic acid groups (broad SMARTS) is 1. The van der Waals surface area contributed by atoms with Crippen molar-refractivity contribution in [2.24, 2.45) is 5.73 Å². The van der Waals surface area contributed by atoms with Crippen LogP contribution in [0.4, 0.5) is 0 Å². The number of nitrogens with zero attached hydrogens (tertiary/aromatic N) is 3. The molecule has 0 bridgehead atoms. The van der Waals surface area contributed by atoms with Gasteiger partial charge in [0.15, 0.2) is 0 Å². The van der Waals surface area contributed by atoms with Crippen molar-refractivity contribution in [3.8, 4) is 0 Å². The van der Waals surface area contributed by atoms with Crippen molar-refractivity contribution in [1.29, 1.82) is 0 Å². The minimum Gasteiger partial charge on any atom is -0.478 e. The number of hydrogen-bond donors (Lipinski definition) is 4. The molecule has 0 saturated carbocycles. The van der Waals surface area contributed by atoms with Crippen LogP contribution in [0.1, 0.15) is 21.5 Å². The van der Waals surface area contributed by atoms with Crippen molar-refractivity contribution in [2.75, 3.05) is 13.2 Å². The highest BCUT2D eigenvalue weighted by atomic mass is 16.4. The summed E-state index contributed by atoms with van der Waals surface area (Å²) in [6.45, 7) is -0.226. The Bertz CT molecular complexity index is 638. The molecule has 0 amide bonds. The van der Waals surface area contributed by atoms with Crippen LogP contribution >= 0.6 is 0 Å². The Morgan fingerprint density at radius 1 is 1.30 bits per heavy atom. The van der Waals surface area contributed by atoms with Gasteiger partial charge in [-0.2, -0.15) is 0 Å². The van der Waals surface area contributed by atoms with Gasteiger partial charge in [-0.05, 0) is 30.0 Å². The van der Waals surface area contributed by atoms with Gasteiger partial charge in [-0.3, -0.25) is 0 Å². The normalized spacial score (nSPS) is 11.2. The molecule has 1 heterocycles. The largest absolute Gasteiger partial charge is 0.478 e. The van der Waals surface area contributed by atoms with E-state index >= 15 is 0 Å². The fourth-order valence-corrected chi connectivity index (χ4v) is 2.30. The molecule has 1 aromatic heterocycles. The first-order valence-electron chi connectivity index (χ1n) is 6.17. The molecule has 0 spiro atoms. The van der Waals surface area contributed by atoms with Crippen LogP contribution in [0.25, 0.3) is 11.0 Å². The van der Waals surface area contributed by atoms with Crippen LogP contribution in [0.3, 0.4) is 0 Å². The minimum atomic E-state index is -1.14. The molecule has 1 aromatic carbocycles. The third-order valence-corrected chi connectivity index (χ3v) is 3.14. The van der Waals surface area contributed by atoms with Gasteiger partial charge in [0.05, 0.1) is 17.7 Å². The van der Waals surface area contributed by atoms with E-state index in [0.717, 1.165) is 0 Å². The molecule has 8 heteroatoms. The maximum Gasteiger partial charge on any atom is 0.338 e. The number of nitrogens with two attached hydrogens (primary N) is 1. The van der Waals surface area contributed by atoms with Gasteiger partial charge < -0.3 is 21.1 Å². The Kier molecular flexibility index (Phi) is 4.28. The summed E-state index contributed by atoms with van der Waals surface area (Å²) in [6.07, 6.45) is 0.476. The molecule has 0 radical (unpaired) electrons. The highest BCUT2D eigenvalue weighted by molar-refractivity contribution is 6.03. The lowest BCUT2D eigenvalue weighted by atomic mass is 9.95. The van der Waals surface area contributed by atoms with Crippen molar-refractivity contribution in [1.82, 2.24) is 15.0 Å². The number of carbonyl (C=O) groups is 1. The quantitative estimate of drug-likeness (QED) is 0.539. The highest BCUT2D eigenvalue weighted by Crippen LogP contribution is 2.25. The van der Waals surface area contributed by atoms with Crippen LogP contribution < -0.4 is 5.73 Å². The van der Waals surface area contributed by atoms with E-state index in [1.54, 1.807) is 6.07 Å². The molecule has 0 atom stereocenters. The molecule has 0 saturated heterocycles. The smallest absolute Gasteiger partial charge is 0.338 e. The second kappa shape index (κ2) is 5.95. The van der Waals surface area contributed by atoms with Crippen LogP contribution in [0, 0.1) is 0 Å². The molecule has 0 aliphatic heterocycles. The van der Waals surface area contributed by atoms with Gasteiger partial charge in [-0.1, -0.05) is 5.21 Å². The predicted molar refractivity (Wildman–Crippen MR) is 70.3 cm³/mol. The van der Waals surface area contributed by atoms with E-state index in [1.807, 2.05) is 0 Å². The van der Waals surface area contributed by atoms with Crippen molar-refractivity contribution < 1.29 is 20.1 Å². The number of aliphatic hydroxyl groups is 2. The Morgan fingerprint density at radius 3 is 2.55 bits per heavy atom. The van der Waals surface area contributed by atoms with E-state index in [0.29, 0.717) is 23.1 Å². The Labute approximate surface area is 114 Å². The third-order valence-electron chi connectivity index (χ3n) is 3.14. The maximum absolute atomic E-state index is 11.5. The summed E-state index contributed by atoms with van der Waals surface area (Å²) >= 11 is 0. The Hall–Kier alpha value is -2.03. The number of aliphatic hydroxyl groups excluding tert-OH is 2.